The smallest absolute Gasteiger partial charge is 0.283 e. The minimum absolute atomic E-state index is 0.00678. The van der Waals surface area contributed by atoms with E-state index in [1.807, 2.05) is 0 Å². The molecule has 0 saturated carbocycles. The third-order valence-corrected chi connectivity index (χ3v) is 3.60. The molecule has 8 nitrogen and oxygen atoms in total. The fraction of sp³-hybridized carbons (Fsp3) is 0.385. The van der Waals surface area contributed by atoms with E-state index in [2.05, 4.69) is 5.32 Å². The number of rotatable bonds is 7. The van der Waals surface area contributed by atoms with Crippen LogP contribution < -0.4 is 16.8 Å². The predicted octanol–water partition coefficient (Wildman–Crippen LogP) is 0.639. The van der Waals surface area contributed by atoms with E-state index in [-0.39, 0.29) is 27.8 Å². The van der Waals surface area contributed by atoms with Gasteiger partial charge in [-0.05, 0) is 26.0 Å². The number of nitrogens with one attached hydrogen (secondary N) is 1. The second-order valence-corrected chi connectivity index (χ2v) is 6.38. The summed E-state index contributed by atoms with van der Waals surface area (Å²) >= 11 is 1.01. The van der Waals surface area contributed by atoms with Crippen LogP contribution in [0.2, 0.25) is 0 Å². The van der Waals surface area contributed by atoms with E-state index in [9.17, 15) is 19.7 Å². The number of nitro groups is 1. The Morgan fingerprint density at radius 2 is 2.05 bits per heavy atom. The van der Waals surface area contributed by atoms with E-state index in [1.54, 1.807) is 13.8 Å². The van der Waals surface area contributed by atoms with Gasteiger partial charge in [-0.3, -0.25) is 19.7 Å². The van der Waals surface area contributed by atoms with Crippen LogP contribution >= 0.6 is 11.8 Å². The lowest BCUT2D eigenvalue weighted by molar-refractivity contribution is -0.387. The summed E-state index contributed by atoms with van der Waals surface area (Å²) in [5, 5.41) is 13.7. The first-order valence-electron chi connectivity index (χ1n) is 6.37. The van der Waals surface area contributed by atoms with Crippen molar-refractivity contribution in [2.75, 3.05) is 12.3 Å². The third-order valence-electron chi connectivity index (χ3n) is 2.54. The standard InChI is InChI=1S/C13H18N4O4S/c1-13(2,15)7-16-11(18)6-22-10-4-3-8(12(14)19)5-9(10)17(20)21/h3-5H,6-7,15H2,1-2H3,(H2,14,19)(H,16,18). The molecule has 0 radical (unpaired) electrons. The molecule has 0 fully saturated rings. The zero-order chi connectivity index (χ0) is 16.9. The van der Waals surface area contributed by atoms with Crippen LogP contribution in [0.5, 0.6) is 0 Å². The van der Waals surface area contributed by atoms with Crippen molar-refractivity contribution < 1.29 is 14.5 Å². The Morgan fingerprint density at radius 3 is 2.55 bits per heavy atom. The van der Waals surface area contributed by atoms with Gasteiger partial charge in [0.25, 0.3) is 5.69 Å². The largest absolute Gasteiger partial charge is 0.366 e. The molecule has 0 aliphatic rings. The third kappa shape index (κ3) is 5.70. The summed E-state index contributed by atoms with van der Waals surface area (Å²) in [4.78, 5) is 33.4. The Kier molecular flexibility index (Phi) is 5.89. The highest BCUT2D eigenvalue weighted by Gasteiger charge is 2.18. The molecular formula is C13H18N4O4S. The monoisotopic (exact) mass is 326 g/mol. The Hall–Kier alpha value is -2.13. The van der Waals surface area contributed by atoms with Crippen LogP contribution in [0, 0.1) is 10.1 Å². The molecule has 5 N–H and O–H groups in total. The number of hydrogen-bond donors (Lipinski definition) is 3. The number of nitrogens with two attached hydrogens (primary N) is 2. The van der Waals surface area contributed by atoms with Gasteiger partial charge in [0.15, 0.2) is 0 Å². The molecule has 0 heterocycles. The summed E-state index contributed by atoms with van der Waals surface area (Å²) < 4.78 is 0. The molecule has 9 heteroatoms. The highest BCUT2D eigenvalue weighted by Crippen LogP contribution is 2.29. The average molecular weight is 326 g/mol. The van der Waals surface area contributed by atoms with E-state index in [0.717, 1.165) is 17.8 Å². The Morgan fingerprint density at radius 1 is 1.41 bits per heavy atom. The van der Waals surface area contributed by atoms with Crippen molar-refractivity contribution in [3.05, 3.63) is 33.9 Å². The lowest BCUT2D eigenvalue weighted by Crippen LogP contribution is -2.45. The summed E-state index contributed by atoms with van der Waals surface area (Å²) in [5.74, 6) is -1.02. The van der Waals surface area contributed by atoms with E-state index in [0.29, 0.717) is 6.54 Å². The number of nitro benzene ring substituents is 1. The van der Waals surface area contributed by atoms with Gasteiger partial charge in [-0.2, -0.15) is 0 Å². The van der Waals surface area contributed by atoms with Crippen LogP contribution in [0.25, 0.3) is 0 Å². The van der Waals surface area contributed by atoms with Gasteiger partial charge in [0, 0.05) is 23.7 Å². The summed E-state index contributed by atoms with van der Waals surface area (Å²) in [6.07, 6.45) is 0. The van der Waals surface area contributed by atoms with Gasteiger partial charge >= 0.3 is 0 Å². The van der Waals surface area contributed by atoms with E-state index in [4.69, 9.17) is 11.5 Å². The molecular weight excluding hydrogens is 308 g/mol. The molecule has 0 aliphatic carbocycles. The molecule has 0 saturated heterocycles. The van der Waals surface area contributed by atoms with E-state index >= 15 is 0 Å². The first-order valence-corrected chi connectivity index (χ1v) is 7.35. The molecule has 0 atom stereocenters. The van der Waals surface area contributed by atoms with Crippen LogP contribution in [-0.4, -0.2) is 34.6 Å². The zero-order valence-electron chi connectivity index (χ0n) is 12.3. The van der Waals surface area contributed by atoms with Crippen molar-refractivity contribution in [1.29, 1.82) is 0 Å². The number of nitrogens with zero attached hydrogens (tertiary/aromatic N) is 1. The lowest BCUT2D eigenvalue weighted by atomic mass is 10.1. The molecule has 22 heavy (non-hydrogen) atoms. The molecule has 120 valence electrons. The van der Waals surface area contributed by atoms with Crippen molar-refractivity contribution in [3.63, 3.8) is 0 Å². The highest BCUT2D eigenvalue weighted by atomic mass is 32.2. The SMILES string of the molecule is CC(C)(N)CNC(=O)CSc1ccc(C(N)=O)cc1[N+](=O)[O-]. The summed E-state index contributed by atoms with van der Waals surface area (Å²) in [6, 6.07) is 3.90. The van der Waals surface area contributed by atoms with Crippen LogP contribution in [0.1, 0.15) is 24.2 Å². The van der Waals surface area contributed by atoms with E-state index in [1.165, 1.54) is 12.1 Å². The van der Waals surface area contributed by atoms with Crippen molar-refractivity contribution in [2.24, 2.45) is 11.5 Å². The topological polar surface area (TPSA) is 141 Å². The molecule has 1 rings (SSSR count). The Labute approximate surface area is 131 Å². The number of benzene rings is 1. The molecule has 0 unspecified atom stereocenters. The van der Waals surface area contributed by atoms with Crippen LogP contribution in [-0.2, 0) is 4.79 Å². The van der Waals surface area contributed by atoms with Gasteiger partial charge < -0.3 is 16.8 Å². The van der Waals surface area contributed by atoms with E-state index < -0.39 is 16.4 Å². The first-order chi connectivity index (χ1) is 10.1. The minimum Gasteiger partial charge on any atom is -0.366 e. The second kappa shape index (κ2) is 7.23. The zero-order valence-corrected chi connectivity index (χ0v) is 13.1. The molecule has 0 bridgehead atoms. The van der Waals surface area contributed by atoms with Gasteiger partial charge in [-0.1, -0.05) is 0 Å². The highest BCUT2D eigenvalue weighted by molar-refractivity contribution is 8.00. The number of hydrogen-bond acceptors (Lipinski definition) is 6. The molecule has 0 spiro atoms. The van der Waals surface area contributed by atoms with Gasteiger partial charge in [0.1, 0.15) is 0 Å². The van der Waals surface area contributed by atoms with Crippen molar-refractivity contribution >= 4 is 29.3 Å². The number of carbonyl (C=O) groups excluding carboxylic acids is 2. The second-order valence-electron chi connectivity index (χ2n) is 5.36. The Balaban J connectivity index is 2.75. The van der Waals surface area contributed by atoms with Crippen LogP contribution in [0.4, 0.5) is 5.69 Å². The summed E-state index contributed by atoms with van der Waals surface area (Å²) in [6.45, 7) is 3.84. The maximum absolute atomic E-state index is 11.7. The molecule has 0 aromatic heterocycles. The molecule has 1 aromatic carbocycles. The molecule has 2 amide bonds. The van der Waals surface area contributed by atoms with Crippen LogP contribution in [0.3, 0.4) is 0 Å². The summed E-state index contributed by atoms with van der Waals surface area (Å²) in [7, 11) is 0. The number of amides is 2. The summed E-state index contributed by atoms with van der Waals surface area (Å²) in [5.41, 5.74) is 10.1. The average Bonchev–Trinajstić information content (AvgIpc) is 2.41. The quantitative estimate of drug-likeness (QED) is 0.381. The first kappa shape index (κ1) is 17.9. The lowest BCUT2D eigenvalue weighted by Gasteiger charge is -2.18. The maximum Gasteiger partial charge on any atom is 0.283 e. The predicted molar refractivity (Wildman–Crippen MR) is 83.6 cm³/mol. The van der Waals surface area contributed by atoms with Crippen molar-refractivity contribution in [1.82, 2.24) is 5.32 Å². The van der Waals surface area contributed by atoms with Crippen molar-refractivity contribution in [2.45, 2.75) is 24.3 Å². The molecule has 1 aromatic rings. The normalized spacial score (nSPS) is 11.0. The Bertz CT molecular complexity index is 598. The van der Waals surface area contributed by atoms with Crippen molar-refractivity contribution in [3.8, 4) is 0 Å². The fourth-order valence-corrected chi connectivity index (χ4v) is 2.29. The number of thioether (sulfide) groups is 1. The van der Waals surface area contributed by atoms with Gasteiger partial charge in [-0.25, -0.2) is 0 Å². The van der Waals surface area contributed by atoms with Crippen LogP contribution in [0.15, 0.2) is 23.1 Å². The maximum atomic E-state index is 11.7. The number of carbonyl (C=O) groups is 2. The van der Waals surface area contributed by atoms with Gasteiger partial charge in [0.2, 0.25) is 11.8 Å². The van der Waals surface area contributed by atoms with Gasteiger partial charge in [0.05, 0.1) is 15.6 Å². The van der Waals surface area contributed by atoms with Gasteiger partial charge in [-0.15, -0.1) is 11.8 Å². The fourth-order valence-electron chi connectivity index (χ4n) is 1.46. The molecule has 0 aliphatic heterocycles. The minimum atomic E-state index is -0.748. The number of primary amides is 1.